The summed E-state index contributed by atoms with van der Waals surface area (Å²) in [6, 6.07) is 9.70. The van der Waals surface area contributed by atoms with Gasteiger partial charge in [-0.1, -0.05) is 38.1 Å². The first-order valence-electron chi connectivity index (χ1n) is 10.9. The number of aromatic nitrogens is 2. The van der Waals surface area contributed by atoms with Gasteiger partial charge in [-0.15, -0.1) is 0 Å². The second-order valence-corrected chi connectivity index (χ2v) is 8.94. The minimum absolute atomic E-state index is 0.401. The molecule has 2 aromatic rings. The molecular formula is C23H35N5. The lowest BCUT2D eigenvalue weighted by atomic mass is 9.86. The van der Waals surface area contributed by atoms with Crippen LogP contribution >= 0.6 is 0 Å². The van der Waals surface area contributed by atoms with Crippen molar-refractivity contribution in [3.05, 3.63) is 47.8 Å². The summed E-state index contributed by atoms with van der Waals surface area (Å²) in [5, 5.41) is 0. The molecule has 0 spiro atoms. The van der Waals surface area contributed by atoms with Gasteiger partial charge in [-0.05, 0) is 42.9 Å². The number of hydrogen-bond acceptors (Lipinski definition) is 4. The second kappa shape index (κ2) is 8.66. The second-order valence-electron chi connectivity index (χ2n) is 8.94. The molecule has 1 N–H and O–H groups in total. The third-order valence-corrected chi connectivity index (χ3v) is 6.57. The Hall–Kier alpha value is -1.85. The molecule has 28 heavy (non-hydrogen) atoms. The third kappa shape index (κ3) is 4.41. The summed E-state index contributed by atoms with van der Waals surface area (Å²) in [6.07, 6.45) is 6.25. The Morgan fingerprint density at radius 2 is 1.82 bits per heavy atom. The monoisotopic (exact) mass is 381 g/mol. The zero-order valence-corrected chi connectivity index (χ0v) is 17.6. The molecule has 1 aromatic carbocycles. The van der Waals surface area contributed by atoms with Crippen LogP contribution in [0.4, 0.5) is 5.95 Å². The van der Waals surface area contributed by atoms with Crippen molar-refractivity contribution >= 4 is 5.95 Å². The molecule has 0 saturated carbocycles. The fraction of sp³-hybridized carbons (Fsp3) is 0.609. The molecule has 0 radical (unpaired) electrons. The lowest BCUT2D eigenvalue weighted by Gasteiger charge is -2.42. The molecule has 0 aliphatic carbocycles. The minimum atomic E-state index is 0.401. The number of nitrogens with one attached hydrogen (secondary N) is 1. The van der Waals surface area contributed by atoms with Gasteiger partial charge in [0, 0.05) is 51.7 Å². The average Bonchev–Trinajstić information content (AvgIpc) is 3.24. The van der Waals surface area contributed by atoms with Crippen LogP contribution in [0.5, 0.6) is 0 Å². The van der Waals surface area contributed by atoms with Gasteiger partial charge >= 0.3 is 0 Å². The van der Waals surface area contributed by atoms with Crippen LogP contribution in [-0.4, -0.2) is 66.1 Å². The Morgan fingerprint density at radius 3 is 2.46 bits per heavy atom. The van der Waals surface area contributed by atoms with Crippen molar-refractivity contribution < 1.29 is 0 Å². The zero-order valence-electron chi connectivity index (χ0n) is 17.6. The zero-order chi connectivity index (χ0) is 19.5. The van der Waals surface area contributed by atoms with E-state index < -0.39 is 0 Å². The minimum Gasteiger partial charge on any atom is -0.335 e. The van der Waals surface area contributed by atoms with Gasteiger partial charge < -0.3 is 19.7 Å². The van der Waals surface area contributed by atoms with Gasteiger partial charge in [-0.25, -0.2) is 4.98 Å². The van der Waals surface area contributed by atoms with Gasteiger partial charge in [-0.2, -0.15) is 0 Å². The van der Waals surface area contributed by atoms with Gasteiger partial charge in [0.25, 0.3) is 0 Å². The Balaban J connectivity index is 1.50. The topological polar surface area (TPSA) is 38.4 Å². The number of piperazine rings is 1. The van der Waals surface area contributed by atoms with E-state index >= 15 is 0 Å². The first kappa shape index (κ1) is 19.5. The number of nitrogens with zero attached hydrogens (tertiary/aromatic N) is 4. The van der Waals surface area contributed by atoms with E-state index in [4.69, 9.17) is 0 Å². The number of piperidine rings is 1. The number of H-pyrrole nitrogens is 1. The summed E-state index contributed by atoms with van der Waals surface area (Å²) in [4.78, 5) is 15.5. The number of aromatic amines is 1. The predicted octanol–water partition coefficient (Wildman–Crippen LogP) is 3.74. The van der Waals surface area contributed by atoms with E-state index in [9.17, 15) is 0 Å². The average molecular weight is 382 g/mol. The van der Waals surface area contributed by atoms with Crippen LogP contribution in [0.25, 0.3) is 0 Å². The normalized spacial score (nSPS) is 24.8. The van der Waals surface area contributed by atoms with E-state index in [2.05, 4.69) is 69.8 Å². The Morgan fingerprint density at radius 1 is 1.07 bits per heavy atom. The van der Waals surface area contributed by atoms with Crippen LogP contribution in [-0.2, 0) is 0 Å². The number of imidazole rings is 1. The molecule has 3 heterocycles. The van der Waals surface area contributed by atoms with E-state index in [1.54, 1.807) is 0 Å². The largest absolute Gasteiger partial charge is 0.335 e. The van der Waals surface area contributed by atoms with Crippen molar-refractivity contribution in [3.8, 4) is 0 Å². The predicted molar refractivity (Wildman–Crippen MR) is 116 cm³/mol. The summed E-state index contributed by atoms with van der Waals surface area (Å²) in [7, 11) is 2.23. The molecule has 2 aliphatic heterocycles. The van der Waals surface area contributed by atoms with Crippen LogP contribution in [0.1, 0.15) is 49.8 Å². The van der Waals surface area contributed by atoms with Gasteiger partial charge in [0.2, 0.25) is 5.95 Å². The molecule has 2 aliphatic rings. The number of anilines is 1. The first-order chi connectivity index (χ1) is 13.6. The van der Waals surface area contributed by atoms with Crippen molar-refractivity contribution in [1.29, 1.82) is 0 Å². The Labute approximate surface area is 169 Å². The molecule has 4 rings (SSSR count). The van der Waals surface area contributed by atoms with E-state index in [0.29, 0.717) is 12.0 Å². The lowest BCUT2D eigenvalue weighted by molar-refractivity contribution is 0.125. The maximum absolute atomic E-state index is 4.56. The summed E-state index contributed by atoms with van der Waals surface area (Å²) in [6.45, 7) is 11.7. The molecule has 1 aromatic heterocycles. The molecular weight excluding hydrogens is 346 g/mol. The summed E-state index contributed by atoms with van der Waals surface area (Å²) < 4.78 is 0. The van der Waals surface area contributed by atoms with Crippen molar-refractivity contribution in [2.45, 2.75) is 38.6 Å². The SMILES string of the molecule is CC(C)c1ccc(C2CC(CN3CCN(C)CC3)CCN2c2ncc[nH]2)cc1. The highest BCUT2D eigenvalue weighted by atomic mass is 15.3. The van der Waals surface area contributed by atoms with Crippen LogP contribution in [0.3, 0.4) is 0 Å². The Bertz CT molecular complexity index is 716. The molecule has 5 nitrogen and oxygen atoms in total. The van der Waals surface area contributed by atoms with Crippen LogP contribution < -0.4 is 4.90 Å². The summed E-state index contributed by atoms with van der Waals surface area (Å²) in [5.41, 5.74) is 2.84. The number of hydrogen-bond donors (Lipinski definition) is 1. The third-order valence-electron chi connectivity index (χ3n) is 6.57. The van der Waals surface area contributed by atoms with Crippen molar-refractivity contribution in [2.24, 2.45) is 5.92 Å². The molecule has 0 bridgehead atoms. The highest BCUT2D eigenvalue weighted by Crippen LogP contribution is 2.37. The van der Waals surface area contributed by atoms with E-state index in [1.807, 2.05) is 12.4 Å². The van der Waals surface area contributed by atoms with Gasteiger partial charge in [0.1, 0.15) is 0 Å². The summed E-state index contributed by atoms with van der Waals surface area (Å²) >= 11 is 0. The fourth-order valence-corrected chi connectivity index (χ4v) is 4.69. The molecule has 152 valence electrons. The van der Waals surface area contributed by atoms with Gasteiger partial charge in [0.05, 0.1) is 6.04 Å². The van der Waals surface area contributed by atoms with Crippen molar-refractivity contribution in [1.82, 2.24) is 19.8 Å². The number of likely N-dealkylation sites (N-methyl/N-ethyl adjacent to an activating group) is 1. The van der Waals surface area contributed by atoms with Crippen LogP contribution in [0.2, 0.25) is 0 Å². The fourth-order valence-electron chi connectivity index (χ4n) is 4.69. The quantitative estimate of drug-likeness (QED) is 0.856. The maximum atomic E-state index is 4.56. The molecule has 2 unspecified atom stereocenters. The van der Waals surface area contributed by atoms with Gasteiger partial charge in [0.15, 0.2) is 0 Å². The van der Waals surface area contributed by atoms with Gasteiger partial charge in [-0.3, -0.25) is 0 Å². The van der Waals surface area contributed by atoms with E-state index in [1.165, 1.54) is 56.7 Å². The van der Waals surface area contributed by atoms with E-state index in [0.717, 1.165) is 18.4 Å². The summed E-state index contributed by atoms with van der Waals surface area (Å²) in [5.74, 6) is 2.34. The molecule has 5 heteroatoms. The molecule has 2 saturated heterocycles. The lowest BCUT2D eigenvalue weighted by Crippen LogP contribution is -2.48. The highest BCUT2D eigenvalue weighted by Gasteiger charge is 2.32. The van der Waals surface area contributed by atoms with E-state index in [-0.39, 0.29) is 0 Å². The van der Waals surface area contributed by atoms with Crippen LogP contribution in [0.15, 0.2) is 36.7 Å². The van der Waals surface area contributed by atoms with Crippen molar-refractivity contribution in [3.63, 3.8) is 0 Å². The van der Waals surface area contributed by atoms with Crippen molar-refractivity contribution in [2.75, 3.05) is 51.2 Å². The highest BCUT2D eigenvalue weighted by molar-refractivity contribution is 5.38. The number of benzene rings is 1. The standard InChI is InChI=1S/C23H35N5/c1-18(2)20-4-6-21(7-5-20)22-16-19(17-27-14-12-26(3)13-15-27)8-11-28(22)23-24-9-10-25-23/h4-7,9-10,18-19,22H,8,11-17H2,1-3H3,(H,24,25). The first-order valence-corrected chi connectivity index (χ1v) is 10.9. The maximum Gasteiger partial charge on any atom is 0.203 e. The number of rotatable bonds is 5. The smallest absolute Gasteiger partial charge is 0.203 e. The molecule has 2 atom stereocenters. The Kier molecular flexibility index (Phi) is 6.02. The molecule has 2 fully saturated rings. The molecule has 0 amide bonds. The van der Waals surface area contributed by atoms with Crippen LogP contribution in [0, 0.1) is 5.92 Å².